The van der Waals surface area contributed by atoms with Crippen LogP contribution in [-0.2, 0) is 4.74 Å². The molecule has 9 heavy (non-hydrogen) atoms. The Labute approximate surface area is 60.7 Å². The molecule has 1 aliphatic rings. The molecule has 0 radical (unpaired) electrons. The molecule has 0 aliphatic carbocycles. The normalized spacial score (nSPS) is 23.9. The Hall–Kier alpha value is -0.240. The standard InChI is InChI=1S/C5H10O.CHNS/c1-5-3-2-4-6-5;2-1-3/h5H,2-4H2,1H3;2H. The van der Waals surface area contributed by atoms with Gasteiger partial charge in [-0.15, -0.1) is 0 Å². The van der Waals surface area contributed by atoms with Crippen LogP contribution in [0.3, 0.4) is 0 Å². The van der Waals surface area contributed by atoms with Crippen molar-refractivity contribution in [2.75, 3.05) is 6.61 Å². The molecule has 1 aliphatic heterocycles. The second-order valence-electron chi connectivity index (χ2n) is 1.93. The van der Waals surface area contributed by atoms with Gasteiger partial charge in [0, 0.05) is 6.61 Å². The van der Waals surface area contributed by atoms with Crippen LogP contribution in [0.25, 0.3) is 0 Å². The van der Waals surface area contributed by atoms with Crippen molar-refractivity contribution in [2.45, 2.75) is 25.9 Å². The first-order valence-corrected chi connectivity index (χ1v) is 3.37. The molecule has 0 amide bonds. The zero-order valence-corrected chi connectivity index (χ0v) is 6.33. The van der Waals surface area contributed by atoms with Crippen LogP contribution in [-0.4, -0.2) is 17.9 Å². The van der Waals surface area contributed by atoms with E-state index in [1.54, 1.807) is 5.16 Å². The molecule has 1 atom stereocenters. The quantitative estimate of drug-likeness (QED) is 0.417. The van der Waals surface area contributed by atoms with Crippen molar-refractivity contribution in [3.63, 3.8) is 0 Å². The Morgan fingerprint density at radius 2 is 2.33 bits per heavy atom. The van der Waals surface area contributed by atoms with E-state index in [2.05, 4.69) is 19.1 Å². The Morgan fingerprint density at radius 3 is 2.44 bits per heavy atom. The minimum absolute atomic E-state index is 0.546. The Morgan fingerprint density at radius 1 is 1.78 bits per heavy atom. The van der Waals surface area contributed by atoms with Crippen molar-refractivity contribution in [3.8, 4) is 0 Å². The summed E-state index contributed by atoms with van der Waals surface area (Å²) in [5, 5.41) is 7.36. The van der Waals surface area contributed by atoms with Crippen LogP contribution in [0.15, 0.2) is 0 Å². The molecule has 0 spiro atoms. The van der Waals surface area contributed by atoms with Crippen LogP contribution in [0.2, 0.25) is 0 Å². The molecule has 1 fully saturated rings. The van der Waals surface area contributed by atoms with Crippen LogP contribution in [0, 0.1) is 5.41 Å². The monoisotopic (exact) mass is 145 g/mol. The summed E-state index contributed by atoms with van der Waals surface area (Å²) in [4.78, 5) is 0. The Kier molecular flexibility index (Phi) is 5.73. The van der Waals surface area contributed by atoms with Gasteiger partial charge in [0.05, 0.1) is 11.3 Å². The molecule has 3 heteroatoms. The molecule has 1 heterocycles. The largest absolute Gasteiger partial charge is 0.379 e. The van der Waals surface area contributed by atoms with Crippen molar-refractivity contribution in [1.82, 2.24) is 0 Å². The highest BCUT2D eigenvalue weighted by Crippen LogP contribution is 2.09. The summed E-state index contributed by atoms with van der Waals surface area (Å²) in [7, 11) is 0. The molecule has 1 rings (SSSR count). The summed E-state index contributed by atoms with van der Waals surface area (Å²) in [5.41, 5.74) is 0. The maximum atomic E-state index is 5.77. The lowest BCUT2D eigenvalue weighted by molar-refractivity contribution is 0.125. The molecule has 1 unspecified atom stereocenters. The molecule has 1 N–H and O–H groups in total. The maximum Gasteiger partial charge on any atom is 0.0554 e. The third-order valence-corrected chi connectivity index (χ3v) is 1.16. The summed E-state index contributed by atoms with van der Waals surface area (Å²) >= 11 is 3.81. The van der Waals surface area contributed by atoms with Gasteiger partial charge in [-0.2, -0.15) is 0 Å². The lowest BCUT2D eigenvalue weighted by atomic mass is 10.3. The molecule has 52 valence electrons. The summed E-state index contributed by atoms with van der Waals surface area (Å²) in [6.45, 7) is 3.11. The van der Waals surface area contributed by atoms with Crippen LogP contribution >= 0.6 is 12.2 Å². The van der Waals surface area contributed by atoms with Gasteiger partial charge in [-0.25, -0.2) is 5.41 Å². The minimum atomic E-state index is 0.546. The molecular formula is C6H11NOS. The highest BCUT2D eigenvalue weighted by atomic mass is 32.1. The van der Waals surface area contributed by atoms with Gasteiger partial charge in [0.15, 0.2) is 0 Å². The van der Waals surface area contributed by atoms with Gasteiger partial charge in [0.1, 0.15) is 0 Å². The zero-order valence-electron chi connectivity index (χ0n) is 5.52. The molecule has 0 bridgehead atoms. The van der Waals surface area contributed by atoms with E-state index in [-0.39, 0.29) is 0 Å². The predicted octanol–water partition coefficient (Wildman–Crippen LogP) is 1.85. The van der Waals surface area contributed by atoms with Crippen molar-refractivity contribution in [1.29, 1.82) is 5.41 Å². The highest BCUT2D eigenvalue weighted by Gasteiger charge is 2.07. The zero-order chi connectivity index (χ0) is 7.11. The lowest BCUT2D eigenvalue weighted by Gasteiger charge is -1.94. The number of isothiocyanates is 1. The number of hydrogen-bond donors (Lipinski definition) is 1. The molecule has 1 saturated heterocycles. The summed E-state index contributed by atoms with van der Waals surface area (Å²) < 4.78 is 5.15. The van der Waals surface area contributed by atoms with E-state index in [0.717, 1.165) is 6.61 Å². The van der Waals surface area contributed by atoms with E-state index >= 15 is 0 Å². The molecular weight excluding hydrogens is 134 g/mol. The van der Waals surface area contributed by atoms with Gasteiger partial charge >= 0.3 is 0 Å². The van der Waals surface area contributed by atoms with E-state index in [1.165, 1.54) is 12.8 Å². The Balaban J connectivity index is 0.000000187. The molecule has 2 nitrogen and oxygen atoms in total. The summed E-state index contributed by atoms with van der Waals surface area (Å²) in [6, 6.07) is 0. The third kappa shape index (κ3) is 5.63. The first kappa shape index (κ1) is 8.76. The van der Waals surface area contributed by atoms with Gasteiger partial charge in [0.2, 0.25) is 0 Å². The Bertz CT molecular complexity index is 93.2. The first-order valence-electron chi connectivity index (χ1n) is 2.96. The number of nitrogens with one attached hydrogen (secondary N) is 1. The topological polar surface area (TPSA) is 33.1 Å². The number of ether oxygens (including phenoxy) is 1. The molecule has 0 saturated carbocycles. The fourth-order valence-corrected chi connectivity index (χ4v) is 0.739. The fraction of sp³-hybridized carbons (Fsp3) is 0.833. The summed E-state index contributed by atoms with van der Waals surface area (Å²) in [6.07, 6.45) is 3.08. The maximum absolute atomic E-state index is 5.77. The van der Waals surface area contributed by atoms with Gasteiger partial charge in [-0.3, -0.25) is 0 Å². The second-order valence-corrected chi connectivity index (χ2v) is 2.13. The van der Waals surface area contributed by atoms with E-state index < -0.39 is 0 Å². The molecule has 0 aromatic carbocycles. The molecule has 0 aromatic rings. The van der Waals surface area contributed by atoms with Crippen LogP contribution in [0.5, 0.6) is 0 Å². The lowest BCUT2D eigenvalue weighted by Crippen LogP contribution is -1.94. The van der Waals surface area contributed by atoms with Crippen molar-refractivity contribution in [2.24, 2.45) is 0 Å². The number of hydrogen-bond acceptors (Lipinski definition) is 3. The van der Waals surface area contributed by atoms with Crippen LogP contribution < -0.4 is 0 Å². The van der Waals surface area contributed by atoms with Gasteiger partial charge in [-0.05, 0) is 32.0 Å². The van der Waals surface area contributed by atoms with E-state index in [4.69, 9.17) is 10.1 Å². The predicted molar refractivity (Wildman–Crippen MR) is 40.0 cm³/mol. The second kappa shape index (κ2) is 5.89. The van der Waals surface area contributed by atoms with Crippen molar-refractivity contribution in [3.05, 3.63) is 0 Å². The highest BCUT2D eigenvalue weighted by molar-refractivity contribution is 7.78. The SMILES string of the molecule is CC1CCCO1.N=C=S. The average Bonchev–Trinajstić information content (AvgIpc) is 2.20. The number of thiocarbonyl (C=S) groups is 1. The molecule has 0 aromatic heterocycles. The van der Waals surface area contributed by atoms with E-state index in [0.29, 0.717) is 6.10 Å². The minimum Gasteiger partial charge on any atom is -0.379 e. The van der Waals surface area contributed by atoms with Crippen molar-refractivity contribution >= 4 is 17.4 Å². The van der Waals surface area contributed by atoms with Gasteiger partial charge < -0.3 is 4.74 Å². The van der Waals surface area contributed by atoms with Crippen LogP contribution in [0.1, 0.15) is 19.8 Å². The fourth-order valence-electron chi connectivity index (χ4n) is 0.739. The van der Waals surface area contributed by atoms with Crippen LogP contribution in [0.4, 0.5) is 0 Å². The third-order valence-electron chi connectivity index (χ3n) is 1.16. The van der Waals surface area contributed by atoms with Gasteiger partial charge in [-0.1, -0.05) is 0 Å². The summed E-state index contributed by atoms with van der Waals surface area (Å²) in [5.74, 6) is 0. The number of rotatable bonds is 0. The van der Waals surface area contributed by atoms with Gasteiger partial charge in [0.25, 0.3) is 0 Å². The van der Waals surface area contributed by atoms with E-state index in [1.807, 2.05) is 0 Å². The van der Waals surface area contributed by atoms with E-state index in [9.17, 15) is 0 Å². The van der Waals surface area contributed by atoms with Crippen molar-refractivity contribution < 1.29 is 4.74 Å². The smallest absolute Gasteiger partial charge is 0.0554 e. The average molecular weight is 145 g/mol. The first-order chi connectivity index (χ1) is 4.31.